The Labute approximate surface area is 123 Å². The molecule has 1 aromatic heterocycles. The minimum Gasteiger partial charge on any atom is -0.385 e. The third kappa shape index (κ3) is 3.37. The fraction of sp³-hybridized carbons (Fsp3) is 0.250. The molecular weight excluding hydrogens is 269 g/mol. The number of nitrogens with one attached hydrogen (secondary N) is 1. The molecule has 0 unspecified atom stereocenters. The van der Waals surface area contributed by atoms with Crippen molar-refractivity contribution in [2.45, 2.75) is 13.8 Å². The molecule has 1 aromatic carbocycles. The second-order valence-corrected chi connectivity index (χ2v) is 4.75. The van der Waals surface area contributed by atoms with Crippen LogP contribution in [0.1, 0.15) is 23.0 Å². The van der Waals surface area contributed by atoms with E-state index in [1.807, 2.05) is 19.9 Å². The molecule has 1 heterocycles. The van der Waals surface area contributed by atoms with Crippen LogP contribution in [0.25, 0.3) is 0 Å². The van der Waals surface area contributed by atoms with E-state index in [-0.39, 0.29) is 11.7 Å². The van der Waals surface area contributed by atoms with Crippen molar-refractivity contribution >= 4 is 17.3 Å². The number of halogens is 1. The van der Waals surface area contributed by atoms with Crippen LogP contribution < -0.4 is 10.2 Å². The largest absolute Gasteiger partial charge is 0.385 e. The minimum atomic E-state index is -0.374. The first-order valence-corrected chi connectivity index (χ1v) is 6.77. The molecule has 1 N–H and O–H groups in total. The summed E-state index contributed by atoms with van der Waals surface area (Å²) in [4.78, 5) is 18.2. The quantitative estimate of drug-likeness (QED) is 0.939. The van der Waals surface area contributed by atoms with Gasteiger partial charge in [-0.05, 0) is 38.1 Å². The topological polar surface area (TPSA) is 45.2 Å². The lowest BCUT2D eigenvalue weighted by atomic mass is 10.1. The Morgan fingerprint density at radius 2 is 2.14 bits per heavy atom. The van der Waals surface area contributed by atoms with E-state index in [0.29, 0.717) is 17.8 Å². The first-order chi connectivity index (χ1) is 10.0. The summed E-state index contributed by atoms with van der Waals surface area (Å²) in [6.45, 7) is 4.53. The third-order valence-corrected chi connectivity index (χ3v) is 3.14. The second kappa shape index (κ2) is 6.35. The number of pyridine rings is 1. The van der Waals surface area contributed by atoms with Gasteiger partial charge < -0.3 is 10.2 Å². The molecule has 0 aliphatic carbocycles. The van der Waals surface area contributed by atoms with E-state index in [1.54, 1.807) is 25.4 Å². The monoisotopic (exact) mass is 287 g/mol. The van der Waals surface area contributed by atoms with Crippen LogP contribution in [0.2, 0.25) is 0 Å². The zero-order valence-corrected chi connectivity index (χ0v) is 12.4. The van der Waals surface area contributed by atoms with Gasteiger partial charge in [-0.1, -0.05) is 6.07 Å². The lowest BCUT2D eigenvalue weighted by molar-refractivity contribution is 0.0993. The number of benzene rings is 1. The summed E-state index contributed by atoms with van der Waals surface area (Å²) >= 11 is 0. The predicted molar refractivity (Wildman–Crippen MR) is 82.3 cm³/mol. The molecule has 21 heavy (non-hydrogen) atoms. The van der Waals surface area contributed by atoms with Gasteiger partial charge in [-0.3, -0.25) is 9.78 Å². The van der Waals surface area contributed by atoms with Crippen LogP contribution in [0.4, 0.5) is 15.8 Å². The molecule has 5 heteroatoms. The highest BCUT2D eigenvalue weighted by Crippen LogP contribution is 2.21. The Hall–Kier alpha value is -2.43. The van der Waals surface area contributed by atoms with Crippen molar-refractivity contribution in [3.8, 4) is 0 Å². The number of anilines is 2. The lowest BCUT2D eigenvalue weighted by Gasteiger charge is -2.19. The van der Waals surface area contributed by atoms with Gasteiger partial charge in [0.05, 0.1) is 11.3 Å². The van der Waals surface area contributed by atoms with Gasteiger partial charge in [-0.15, -0.1) is 0 Å². The molecule has 0 bridgehead atoms. The van der Waals surface area contributed by atoms with Crippen LogP contribution in [0, 0.1) is 12.7 Å². The first kappa shape index (κ1) is 15.0. The highest BCUT2D eigenvalue weighted by molar-refractivity contribution is 6.09. The standard InChI is InChI=1S/C16H18FN3O/c1-4-18-15-8-11(2)19-10-14(15)16(21)20(3)13-7-5-6-12(17)9-13/h5-10H,4H2,1-3H3,(H,18,19). The van der Waals surface area contributed by atoms with E-state index in [9.17, 15) is 9.18 Å². The van der Waals surface area contributed by atoms with E-state index in [2.05, 4.69) is 10.3 Å². The zero-order chi connectivity index (χ0) is 15.4. The number of aryl methyl sites for hydroxylation is 1. The molecule has 0 saturated heterocycles. The molecule has 0 aliphatic rings. The molecule has 0 spiro atoms. The van der Waals surface area contributed by atoms with Gasteiger partial charge in [0.1, 0.15) is 5.82 Å². The molecule has 1 amide bonds. The van der Waals surface area contributed by atoms with Crippen molar-refractivity contribution < 1.29 is 9.18 Å². The highest BCUT2D eigenvalue weighted by atomic mass is 19.1. The van der Waals surface area contributed by atoms with Gasteiger partial charge in [0.2, 0.25) is 0 Å². The normalized spacial score (nSPS) is 10.3. The Morgan fingerprint density at radius 3 is 2.81 bits per heavy atom. The first-order valence-electron chi connectivity index (χ1n) is 6.77. The fourth-order valence-electron chi connectivity index (χ4n) is 2.05. The molecule has 0 fully saturated rings. The third-order valence-electron chi connectivity index (χ3n) is 3.14. The van der Waals surface area contributed by atoms with E-state index in [1.165, 1.54) is 17.0 Å². The fourth-order valence-corrected chi connectivity index (χ4v) is 2.05. The average molecular weight is 287 g/mol. The van der Waals surface area contributed by atoms with Gasteiger partial charge in [0.25, 0.3) is 5.91 Å². The SMILES string of the molecule is CCNc1cc(C)ncc1C(=O)N(C)c1cccc(F)c1. The van der Waals surface area contributed by atoms with Crippen molar-refractivity contribution in [3.05, 3.63) is 53.6 Å². The number of nitrogens with zero attached hydrogens (tertiary/aromatic N) is 2. The van der Waals surface area contributed by atoms with Crippen LogP contribution >= 0.6 is 0 Å². The van der Waals surface area contributed by atoms with E-state index >= 15 is 0 Å². The van der Waals surface area contributed by atoms with Crippen LogP contribution in [-0.2, 0) is 0 Å². The van der Waals surface area contributed by atoms with Crippen LogP contribution in [0.3, 0.4) is 0 Å². The Bertz CT molecular complexity index is 658. The molecule has 0 radical (unpaired) electrons. The summed E-state index contributed by atoms with van der Waals surface area (Å²) in [5.41, 5.74) is 2.53. The number of carbonyl (C=O) groups excluding carboxylic acids is 1. The molecule has 2 aromatic rings. The number of aromatic nitrogens is 1. The number of hydrogen-bond donors (Lipinski definition) is 1. The van der Waals surface area contributed by atoms with Crippen LogP contribution in [0.5, 0.6) is 0 Å². The van der Waals surface area contributed by atoms with Crippen molar-refractivity contribution in [1.29, 1.82) is 0 Å². The summed E-state index contributed by atoms with van der Waals surface area (Å²) in [7, 11) is 1.62. The lowest BCUT2D eigenvalue weighted by Crippen LogP contribution is -2.27. The summed E-state index contributed by atoms with van der Waals surface area (Å²) in [6, 6.07) is 7.77. The maximum Gasteiger partial charge on any atom is 0.261 e. The van der Waals surface area contributed by atoms with E-state index < -0.39 is 0 Å². The van der Waals surface area contributed by atoms with Gasteiger partial charge in [-0.25, -0.2) is 4.39 Å². The van der Waals surface area contributed by atoms with Gasteiger partial charge >= 0.3 is 0 Å². The van der Waals surface area contributed by atoms with Crippen LogP contribution in [0.15, 0.2) is 36.5 Å². The number of hydrogen-bond acceptors (Lipinski definition) is 3. The smallest absolute Gasteiger partial charge is 0.261 e. The molecule has 110 valence electrons. The van der Waals surface area contributed by atoms with E-state index in [0.717, 1.165) is 11.4 Å². The van der Waals surface area contributed by atoms with Crippen molar-refractivity contribution in [1.82, 2.24) is 4.98 Å². The molecule has 2 rings (SSSR count). The molecule has 0 aliphatic heterocycles. The highest BCUT2D eigenvalue weighted by Gasteiger charge is 2.18. The molecular formula is C16H18FN3O. The molecule has 0 atom stereocenters. The van der Waals surface area contributed by atoms with E-state index in [4.69, 9.17) is 0 Å². The van der Waals surface area contributed by atoms with Crippen molar-refractivity contribution in [3.63, 3.8) is 0 Å². The maximum atomic E-state index is 13.3. The van der Waals surface area contributed by atoms with Gasteiger partial charge in [-0.2, -0.15) is 0 Å². The Balaban J connectivity index is 2.35. The maximum absolute atomic E-state index is 13.3. The number of rotatable bonds is 4. The summed E-state index contributed by atoms with van der Waals surface area (Å²) in [5, 5.41) is 3.15. The summed E-state index contributed by atoms with van der Waals surface area (Å²) in [5.74, 6) is -0.606. The second-order valence-electron chi connectivity index (χ2n) is 4.75. The van der Waals surface area contributed by atoms with Crippen molar-refractivity contribution in [2.75, 3.05) is 23.8 Å². The number of amides is 1. The zero-order valence-electron chi connectivity index (χ0n) is 12.4. The number of carbonyl (C=O) groups is 1. The summed E-state index contributed by atoms with van der Waals surface area (Å²) < 4.78 is 13.3. The van der Waals surface area contributed by atoms with Crippen LogP contribution in [-0.4, -0.2) is 24.5 Å². The van der Waals surface area contributed by atoms with Gasteiger partial charge in [0, 0.05) is 31.2 Å². The Kier molecular flexibility index (Phi) is 4.52. The summed E-state index contributed by atoms with van der Waals surface area (Å²) in [6.07, 6.45) is 1.55. The Morgan fingerprint density at radius 1 is 1.38 bits per heavy atom. The predicted octanol–water partition coefficient (Wildman–Crippen LogP) is 3.24. The minimum absolute atomic E-state index is 0.232. The molecule has 4 nitrogen and oxygen atoms in total. The average Bonchev–Trinajstić information content (AvgIpc) is 2.46. The molecule has 0 saturated carbocycles. The van der Waals surface area contributed by atoms with Crippen molar-refractivity contribution in [2.24, 2.45) is 0 Å². The van der Waals surface area contributed by atoms with Gasteiger partial charge in [0.15, 0.2) is 0 Å².